The van der Waals surface area contributed by atoms with Crippen molar-refractivity contribution >= 4 is 0 Å². The number of fused-ring (bicyclic) bond motifs is 1. The summed E-state index contributed by atoms with van der Waals surface area (Å²) in [5.74, 6) is 0. The SMILES string of the molecule is CCNC(C)CCCc1ccc2c(c1)CCC2. The third-order valence-electron chi connectivity index (χ3n) is 3.82. The Morgan fingerprint density at radius 2 is 2.06 bits per heavy atom. The van der Waals surface area contributed by atoms with Gasteiger partial charge in [-0.05, 0) is 68.7 Å². The van der Waals surface area contributed by atoms with E-state index in [-0.39, 0.29) is 0 Å². The largest absolute Gasteiger partial charge is 0.315 e. The van der Waals surface area contributed by atoms with Crippen LogP contribution in [0.4, 0.5) is 0 Å². The van der Waals surface area contributed by atoms with Crippen molar-refractivity contribution in [3.63, 3.8) is 0 Å². The molecule has 1 N–H and O–H groups in total. The van der Waals surface area contributed by atoms with Crippen LogP contribution in [0.1, 0.15) is 49.8 Å². The molecule has 0 saturated heterocycles. The zero-order chi connectivity index (χ0) is 12.1. The summed E-state index contributed by atoms with van der Waals surface area (Å²) in [4.78, 5) is 0. The van der Waals surface area contributed by atoms with Gasteiger partial charge < -0.3 is 5.32 Å². The molecule has 1 aliphatic rings. The Labute approximate surface area is 106 Å². The summed E-state index contributed by atoms with van der Waals surface area (Å²) >= 11 is 0. The van der Waals surface area contributed by atoms with E-state index in [0.717, 1.165) is 6.54 Å². The molecule has 1 atom stereocenters. The number of benzene rings is 1. The number of hydrogen-bond donors (Lipinski definition) is 1. The first-order chi connectivity index (χ1) is 8.29. The monoisotopic (exact) mass is 231 g/mol. The average Bonchev–Trinajstić information content (AvgIpc) is 2.76. The number of rotatable bonds is 6. The molecule has 0 bridgehead atoms. The Kier molecular flexibility index (Phi) is 4.61. The van der Waals surface area contributed by atoms with E-state index in [1.165, 1.54) is 44.1 Å². The Bertz CT molecular complexity index is 357. The first kappa shape index (κ1) is 12.6. The number of aryl methyl sites for hydroxylation is 3. The summed E-state index contributed by atoms with van der Waals surface area (Å²) in [5, 5.41) is 3.47. The van der Waals surface area contributed by atoms with Crippen LogP contribution in [0.15, 0.2) is 18.2 Å². The van der Waals surface area contributed by atoms with E-state index in [2.05, 4.69) is 37.4 Å². The van der Waals surface area contributed by atoms with Crippen molar-refractivity contribution in [2.75, 3.05) is 6.54 Å². The van der Waals surface area contributed by atoms with Crippen molar-refractivity contribution in [1.29, 1.82) is 0 Å². The second-order valence-corrected chi connectivity index (χ2v) is 5.31. The zero-order valence-electron chi connectivity index (χ0n) is 11.3. The van der Waals surface area contributed by atoms with Crippen molar-refractivity contribution in [1.82, 2.24) is 5.32 Å². The highest BCUT2D eigenvalue weighted by Gasteiger charge is 2.10. The van der Waals surface area contributed by atoms with Crippen LogP contribution in [0.25, 0.3) is 0 Å². The summed E-state index contributed by atoms with van der Waals surface area (Å²) in [6.45, 7) is 5.54. The van der Waals surface area contributed by atoms with Gasteiger partial charge in [0.25, 0.3) is 0 Å². The van der Waals surface area contributed by atoms with Crippen LogP contribution in [0, 0.1) is 0 Å². The molecule has 1 heteroatoms. The fourth-order valence-electron chi connectivity index (χ4n) is 2.84. The van der Waals surface area contributed by atoms with Crippen LogP contribution in [0.5, 0.6) is 0 Å². The van der Waals surface area contributed by atoms with Crippen molar-refractivity contribution in [3.8, 4) is 0 Å². The molecule has 0 amide bonds. The van der Waals surface area contributed by atoms with Crippen LogP contribution < -0.4 is 5.32 Å². The lowest BCUT2D eigenvalue weighted by molar-refractivity contribution is 0.512. The highest BCUT2D eigenvalue weighted by atomic mass is 14.9. The van der Waals surface area contributed by atoms with Crippen molar-refractivity contribution in [2.24, 2.45) is 0 Å². The third kappa shape index (κ3) is 3.57. The van der Waals surface area contributed by atoms with Gasteiger partial charge in [-0.25, -0.2) is 0 Å². The van der Waals surface area contributed by atoms with E-state index >= 15 is 0 Å². The van der Waals surface area contributed by atoms with E-state index in [9.17, 15) is 0 Å². The van der Waals surface area contributed by atoms with Crippen LogP contribution in [-0.4, -0.2) is 12.6 Å². The molecule has 17 heavy (non-hydrogen) atoms. The van der Waals surface area contributed by atoms with E-state index in [0.29, 0.717) is 6.04 Å². The number of hydrogen-bond acceptors (Lipinski definition) is 1. The van der Waals surface area contributed by atoms with E-state index in [1.54, 1.807) is 11.1 Å². The molecule has 0 fully saturated rings. The summed E-state index contributed by atoms with van der Waals surface area (Å²) < 4.78 is 0. The maximum Gasteiger partial charge on any atom is 0.00387 e. The molecule has 0 heterocycles. The molecule has 1 aromatic rings. The molecule has 0 aromatic heterocycles. The molecule has 0 spiro atoms. The fourth-order valence-corrected chi connectivity index (χ4v) is 2.84. The lowest BCUT2D eigenvalue weighted by atomic mass is 10.0. The third-order valence-corrected chi connectivity index (χ3v) is 3.82. The van der Waals surface area contributed by atoms with Gasteiger partial charge in [0.15, 0.2) is 0 Å². The molecular formula is C16H25N. The van der Waals surface area contributed by atoms with Crippen molar-refractivity contribution in [3.05, 3.63) is 34.9 Å². The van der Waals surface area contributed by atoms with E-state index < -0.39 is 0 Å². The first-order valence-electron chi connectivity index (χ1n) is 7.13. The maximum absolute atomic E-state index is 3.47. The summed E-state index contributed by atoms with van der Waals surface area (Å²) in [6, 6.07) is 7.79. The van der Waals surface area contributed by atoms with E-state index in [4.69, 9.17) is 0 Å². The Morgan fingerprint density at radius 3 is 2.88 bits per heavy atom. The van der Waals surface area contributed by atoms with Crippen LogP contribution in [-0.2, 0) is 19.3 Å². The fraction of sp³-hybridized carbons (Fsp3) is 0.625. The first-order valence-corrected chi connectivity index (χ1v) is 7.13. The summed E-state index contributed by atoms with van der Waals surface area (Å²) in [7, 11) is 0. The molecule has 94 valence electrons. The Hall–Kier alpha value is -0.820. The molecule has 0 saturated carbocycles. The molecule has 2 rings (SSSR count). The van der Waals surface area contributed by atoms with Crippen molar-refractivity contribution < 1.29 is 0 Å². The summed E-state index contributed by atoms with van der Waals surface area (Å²) in [6.07, 6.45) is 7.78. The van der Waals surface area contributed by atoms with Crippen molar-refractivity contribution in [2.45, 2.75) is 58.4 Å². The van der Waals surface area contributed by atoms with Gasteiger partial charge in [-0.2, -0.15) is 0 Å². The second-order valence-electron chi connectivity index (χ2n) is 5.31. The molecule has 0 radical (unpaired) electrons. The van der Waals surface area contributed by atoms with Gasteiger partial charge in [-0.3, -0.25) is 0 Å². The number of nitrogens with one attached hydrogen (secondary N) is 1. The second kappa shape index (κ2) is 6.20. The van der Waals surface area contributed by atoms with Gasteiger partial charge >= 0.3 is 0 Å². The normalized spacial score (nSPS) is 15.9. The highest BCUT2D eigenvalue weighted by Crippen LogP contribution is 2.23. The van der Waals surface area contributed by atoms with Gasteiger partial charge in [-0.15, -0.1) is 0 Å². The molecule has 1 unspecified atom stereocenters. The topological polar surface area (TPSA) is 12.0 Å². The van der Waals surface area contributed by atoms with Gasteiger partial charge in [0.2, 0.25) is 0 Å². The zero-order valence-corrected chi connectivity index (χ0v) is 11.3. The van der Waals surface area contributed by atoms with Gasteiger partial charge in [0.05, 0.1) is 0 Å². The molecule has 1 aliphatic carbocycles. The van der Waals surface area contributed by atoms with Gasteiger partial charge in [0.1, 0.15) is 0 Å². The minimum absolute atomic E-state index is 0.662. The van der Waals surface area contributed by atoms with Gasteiger partial charge in [-0.1, -0.05) is 25.1 Å². The van der Waals surface area contributed by atoms with Crippen LogP contribution >= 0.6 is 0 Å². The van der Waals surface area contributed by atoms with Crippen LogP contribution in [0.2, 0.25) is 0 Å². The van der Waals surface area contributed by atoms with E-state index in [1.807, 2.05) is 0 Å². The lowest BCUT2D eigenvalue weighted by Crippen LogP contribution is -2.25. The smallest absolute Gasteiger partial charge is 0.00387 e. The Morgan fingerprint density at radius 1 is 1.24 bits per heavy atom. The maximum atomic E-state index is 3.47. The molecular weight excluding hydrogens is 206 g/mol. The predicted molar refractivity (Wildman–Crippen MR) is 74.5 cm³/mol. The molecule has 1 nitrogen and oxygen atoms in total. The minimum atomic E-state index is 0.662. The Balaban J connectivity index is 1.79. The quantitative estimate of drug-likeness (QED) is 0.790. The summed E-state index contributed by atoms with van der Waals surface area (Å²) in [5.41, 5.74) is 4.74. The lowest BCUT2D eigenvalue weighted by Gasteiger charge is -2.12. The predicted octanol–water partition coefficient (Wildman–Crippen LogP) is 3.50. The average molecular weight is 231 g/mol. The van der Waals surface area contributed by atoms with Gasteiger partial charge in [0, 0.05) is 6.04 Å². The standard InChI is InChI=1S/C16H25N/c1-3-17-13(2)6-4-7-14-10-11-15-8-5-9-16(15)12-14/h10-13,17H,3-9H2,1-2H3. The minimum Gasteiger partial charge on any atom is -0.315 e. The highest BCUT2D eigenvalue weighted by molar-refractivity contribution is 5.35. The molecule has 0 aliphatic heterocycles. The van der Waals surface area contributed by atoms with Crippen LogP contribution in [0.3, 0.4) is 0 Å². The molecule has 1 aromatic carbocycles.